The van der Waals surface area contributed by atoms with E-state index in [2.05, 4.69) is 48.3 Å². The van der Waals surface area contributed by atoms with Gasteiger partial charge in [0.1, 0.15) is 5.54 Å². The van der Waals surface area contributed by atoms with Gasteiger partial charge in [-0.05, 0) is 38.3 Å². The number of carbonyl (C=O) groups is 1. The van der Waals surface area contributed by atoms with E-state index in [0.29, 0.717) is 13.2 Å². The van der Waals surface area contributed by atoms with Crippen molar-refractivity contribution in [3.8, 4) is 0 Å². The highest BCUT2D eigenvalue weighted by Gasteiger charge is 2.49. The molecule has 1 fully saturated rings. The predicted octanol–water partition coefficient (Wildman–Crippen LogP) is 2.18. The third-order valence-corrected chi connectivity index (χ3v) is 5.49. The molecule has 1 amide bonds. The molecule has 2 aliphatic rings. The number of fused-ring (bicyclic) bond motifs is 1. The lowest BCUT2D eigenvalue weighted by molar-refractivity contribution is -0.144. The Balaban J connectivity index is 1.76. The van der Waals surface area contributed by atoms with Crippen LogP contribution in [0.5, 0.6) is 0 Å². The second-order valence-corrected chi connectivity index (χ2v) is 7.62. The molecule has 0 spiro atoms. The van der Waals surface area contributed by atoms with Gasteiger partial charge in [0.25, 0.3) is 0 Å². The van der Waals surface area contributed by atoms with Crippen molar-refractivity contribution in [1.29, 1.82) is 0 Å². The van der Waals surface area contributed by atoms with Gasteiger partial charge in [-0.2, -0.15) is 0 Å². The Bertz CT molecular complexity index is 584. The van der Waals surface area contributed by atoms with Gasteiger partial charge < -0.3 is 14.8 Å². The molecule has 2 atom stereocenters. The number of hydrogen-bond acceptors (Lipinski definition) is 4. The van der Waals surface area contributed by atoms with Crippen LogP contribution >= 0.6 is 0 Å². The highest BCUT2D eigenvalue weighted by molar-refractivity contribution is 5.88. The number of carbonyl (C=O) groups excluding carboxylic acids is 1. The Morgan fingerprint density at radius 2 is 1.85 bits per heavy atom. The van der Waals surface area contributed by atoms with Crippen LogP contribution in [-0.4, -0.2) is 61.4 Å². The summed E-state index contributed by atoms with van der Waals surface area (Å²) in [5.74, 6) is 0.145. The Morgan fingerprint density at radius 1 is 1.23 bits per heavy atom. The number of benzene rings is 1. The maximum Gasteiger partial charge on any atom is 0.241 e. The first kappa shape index (κ1) is 19.3. The summed E-state index contributed by atoms with van der Waals surface area (Å²) < 4.78 is 11.3. The zero-order valence-electron chi connectivity index (χ0n) is 16.3. The van der Waals surface area contributed by atoms with Gasteiger partial charge in [0, 0.05) is 45.7 Å². The summed E-state index contributed by atoms with van der Waals surface area (Å²) in [6.07, 6.45) is 2.69. The minimum atomic E-state index is -0.498. The summed E-state index contributed by atoms with van der Waals surface area (Å²) in [6, 6.07) is 8.46. The maximum absolute atomic E-state index is 13.3. The number of hydrogen-bond donors (Lipinski definition) is 1. The first-order valence-electron chi connectivity index (χ1n) is 9.88. The van der Waals surface area contributed by atoms with E-state index >= 15 is 0 Å². The van der Waals surface area contributed by atoms with Crippen LogP contribution in [0, 0.1) is 0 Å². The van der Waals surface area contributed by atoms with Gasteiger partial charge in [0.05, 0.1) is 12.2 Å². The molecule has 144 valence electrons. The Kier molecular flexibility index (Phi) is 6.33. The quantitative estimate of drug-likeness (QED) is 0.757. The molecule has 0 bridgehead atoms. The molecule has 1 heterocycles. The van der Waals surface area contributed by atoms with Crippen LogP contribution in [0.3, 0.4) is 0 Å². The number of ether oxygens (including phenoxy) is 2. The van der Waals surface area contributed by atoms with Gasteiger partial charge in [-0.1, -0.05) is 24.3 Å². The van der Waals surface area contributed by atoms with Crippen LogP contribution < -0.4 is 5.32 Å². The lowest BCUT2D eigenvalue weighted by Crippen LogP contribution is -2.64. The highest BCUT2D eigenvalue weighted by atomic mass is 16.5. The van der Waals surface area contributed by atoms with Gasteiger partial charge in [-0.3, -0.25) is 9.69 Å². The highest BCUT2D eigenvalue weighted by Crippen LogP contribution is 2.36. The molecule has 1 aromatic carbocycles. The molecule has 0 aromatic heterocycles. The van der Waals surface area contributed by atoms with Crippen LogP contribution in [0.15, 0.2) is 24.3 Å². The van der Waals surface area contributed by atoms with E-state index < -0.39 is 5.54 Å². The SMILES string of the molecule is CCOCCCNC(=O)C1(N2C[C@@H](C)O[C@@H](C)C2)Cc2ccccc2C1. The fourth-order valence-electron chi connectivity index (χ4n) is 4.34. The van der Waals surface area contributed by atoms with Gasteiger partial charge in [-0.25, -0.2) is 0 Å². The Morgan fingerprint density at radius 3 is 2.42 bits per heavy atom. The number of morpholine rings is 1. The molecule has 1 aliphatic carbocycles. The van der Waals surface area contributed by atoms with Gasteiger partial charge in [0.15, 0.2) is 0 Å². The largest absolute Gasteiger partial charge is 0.382 e. The molecular weight excluding hydrogens is 328 g/mol. The summed E-state index contributed by atoms with van der Waals surface area (Å²) in [5.41, 5.74) is 2.09. The van der Waals surface area contributed by atoms with E-state index in [1.165, 1.54) is 11.1 Å². The van der Waals surface area contributed by atoms with Crippen molar-refractivity contribution in [1.82, 2.24) is 10.2 Å². The minimum absolute atomic E-state index is 0.144. The van der Waals surface area contributed by atoms with Crippen molar-refractivity contribution in [2.75, 3.05) is 32.8 Å². The number of amides is 1. The van der Waals surface area contributed by atoms with Crippen LogP contribution in [0.25, 0.3) is 0 Å². The minimum Gasteiger partial charge on any atom is -0.382 e. The second-order valence-electron chi connectivity index (χ2n) is 7.62. The standard InChI is InChI=1S/C21H32N2O3/c1-4-25-11-7-10-22-20(24)21(23-14-16(2)26-17(3)15-23)12-18-8-5-6-9-19(18)13-21/h5-6,8-9,16-17H,4,7,10-15H2,1-3H3,(H,22,24)/t16-,17+. The molecule has 26 heavy (non-hydrogen) atoms. The Labute approximate surface area is 157 Å². The molecule has 1 saturated heterocycles. The molecule has 5 heteroatoms. The van der Waals surface area contributed by atoms with Gasteiger partial charge in [-0.15, -0.1) is 0 Å². The smallest absolute Gasteiger partial charge is 0.241 e. The monoisotopic (exact) mass is 360 g/mol. The van der Waals surface area contributed by atoms with Crippen molar-refractivity contribution in [2.24, 2.45) is 0 Å². The molecule has 0 saturated carbocycles. The first-order valence-corrected chi connectivity index (χ1v) is 9.88. The van der Waals surface area contributed by atoms with E-state index in [-0.39, 0.29) is 18.1 Å². The summed E-state index contributed by atoms with van der Waals surface area (Å²) in [5, 5.41) is 3.18. The average molecular weight is 360 g/mol. The topological polar surface area (TPSA) is 50.8 Å². The predicted molar refractivity (Wildman–Crippen MR) is 102 cm³/mol. The fourth-order valence-corrected chi connectivity index (χ4v) is 4.34. The lowest BCUT2D eigenvalue weighted by atomic mass is 9.90. The van der Waals surface area contributed by atoms with Crippen LogP contribution in [0.1, 0.15) is 38.3 Å². The van der Waals surface area contributed by atoms with E-state index in [4.69, 9.17) is 9.47 Å². The number of nitrogens with zero attached hydrogens (tertiary/aromatic N) is 1. The van der Waals surface area contributed by atoms with Crippen molar-refractivity contribution in [3.63, 3.8) is 0 Å². The second kappa shape index (κ2) is 8.51. The van der Waals surface area contributed by atoms with Crippen molar-refractivity contribution in [3.05, 3.63) is 35.4 Å². The van der Waals surface area contributed by atoms with E-state index in [1.54, 1.807) is 0 Å². The molecule has 3 rings (SSSR count). The summed E-state index contributed by atoms with van der Waals surface area (Å²) in [4.78, 5) is 15.7. The fraction of sp³-hybridized carbons (Fsp3) is 0.667. The van der Waals surface area contributed by atoms with Crippen LogP contribution in [0.2, 0.25) is 0 Å². The summed E-state index contributed by atoms with van der Waals surface area (Å²) in [7, 11) is 0. The molecule has 0 radical (unpaired) electrons. The third kappa shape index (κ3) is 4.11. The molecule has 1 aromatic rings. The van der Waals surface area contributed by atoms with Crippen molar-refractivity contribution >= 4 is 5.91 Å². The molecule has 0 unspecified atom stereocenters. The van der Waals surface area contributed by atoms with Crippen molar-refractivity contribution < 1.29 is 14.3 Å². The van der Waals surface area contributed by atoms with Crippen LogP contribution in [0.4, 0.5) is 0 Å². The van der Waals surface area contributed by atoms with Crippen molar-refractivity contribution in [2.45, 2.75) is 57.8 Å². The van der Waals surface area contributed by atoms with E-state index in [1.807, 2.05) is 6.92 Å². The maximum atomic E-state index is 13.3. The zero-order chi connectivity index (χ0) is 18.6. The summed E-state index contributed by atoms with van der Waals surface area (Å²) in [6.45, 7) is 9.84. The number of nitrogens with one attached hydrogen (secondary N) is 1. The third-order valence-electron chi connectivity index (χ3n) is 5.49. The molecule has 1 aliphatic heterocycles. The lowest BCUT2D eigenvalue weighted by Gasteiger charge is -2.45. The van der Waals surface area contributed by atoms with E-state index in [9.17, 15) is 4.79 Å². The Hall–Kier alpha value is -1.43. The molecule has 5 nitrogen and oxygen atoms in total. The van der Waals surface area contributed by atoms with Gasteiger partial charge in [0.2, 0.25) is 5.91 Å². The zero-order valence-corrected chi connectivity index (χ0v) is 16.3. The number of rotatable bonds is 7. The van der Waals surface area contributed by atoms with Gasteiger partial charge >= 0.3 is 0 Å². The average Bonchev–Trinajstić information content (AvgIpc) is 3.01. The molecule has 1 N–H and O–H groups in total. The van der Waals surface area contributed by atoms with Crippen LogP contribution in [-0.2, 0) is 27.1 Å². The normalized spacial score (nSPS) is 25.0. The summed E-state index contributed by atoms with van der Waals surface area (Å²) >= 11 is 0. The first-order chi connectivity index (χ1) is 12.5. The van der Waals surface area contributed by atoms with E-state index in [0.717, 1.165) is 39.0 Å². The molecular formula is C21H32N2O3.